The highest BCUT2D eigenvalue weighted by Gasteiger charge is 2.27. The van der Waals surface area contributed by atoms with Gasteiger partial charge in [-0.2, -0.15) is 0 Å². The molecule has 0 saturated heterocycles. The fourth-order valence-electron chi connectivity index (χ4n) is 1.62. The maximum Gasteiger partial charge on any atom is 0.252 e. The van der Waals surface area contributed by atoms with Crippen LogP contribution in [0.1, 0.15) is 30.1 Å². The summed E-state index contributed by atoms with van der Waals surface area (Å²) in [5.74, 6) is 1.51. The maximum atomic E-state index is 11.7. The van der Waals surface area contributed by atoms with E-state index in [-0.39, 0.29) is 5.91 Å². The van der Waals surface area contributed by atoms with Crippen LogP contribution < -0.4 is 5.32 Å². The van der Waals surface area contributed by atoms with Crippen molar-refractivity contribution in [2.24, 2.45) is 11.8 Å². The van der Waals surface area contributed by atoms with Crippen molar-refractivity contribution < 1.29 is 4.79 Å². The molecule has 1 fully saturated rings. The number of nitrogens with one attached hydrogen (secondary N) is 1. The summed E-state index contributed by atoms with van der Waals surface area (Å²) in [7, 11) is 0. The molecule has 0 bridgehead atoms. The van der Waals surface area contributed by atoms with Crippen LogP contribution in [-0.2, 0) is 0 Å². The van der Waals surface area contributed by atoms with Gasteiger partial charge in [-0.3, -0.25) is 4.79 Å². The SMILES string of the molecule is CC(CNC(=O)c1csc(Br)c1)C1CC1. The van der Waals surface area contributed by atoms with Gasteiger partial charge < -0.3 is 5.32 Å². The number of rotatable bonds is 4. The fourth-order valence-corrected chi connectivity index (χ4v) is 2.75. The molecule has 15 heavy (non-hydrogen) atoms. The molecular weight excluding hydrogens is 274 g/mol. The monoisotopic (exact) mass is 287 g/mol. The molecule has 4 heteroatoms. The maximum absolute atomic E-state index is 11.7. The van der Waals surface area contributed by atoms with Crippen LogP contribution in [0.15, 0.2) is 15.2 Å². The molecular formula is C11H14BrNOS. The minimum Gasteiger partial charge on any atom is -0.352 e. The molecule has 1 unspecified atom stereocenters. The van der Waals surface area contributed by atoms with Crippen molar-refractivity contribution in [3.8, 4) is 0 Å². The molecule has 2 nitrogen and oxygen atoms in total. The number of carbonyl (C=O) groups is 1. The number of hydrogen-bond donors (Lipinski definition) is 1. The third-order valence-electron chi connectivity index (χ3n) is 2.84. The fraction of sp³-hybridized carbons (Fsp3) is 0.545. The normalized spacial score (nSPS) is 17.5. The zero-order chi connectivity index (χ0) is 10.8. The van der Waals surface area contributed by atoms with Gasteiger partial charge in [-0.25, -0.2) is 0 Å². The van der Waals surface area contributed by atoms with Gasteiger partial charge >= 0.3 is 0 Å². The molecule has 0 aromatic carbocycles. The molecule has 1 aliphatic carbocycles. The van der Waals surface area contributed by atoms with Crippen molar-refractivity contribution in [1.29, 1.82) is 0 Å². The van der Waals surface area contributed by atoms with Crippen molar-refractivity contribution in [3.63, 3.8) is 0 Å². The average Bonchev–Trinajstić information content (AvgIpc) is 2.97. The smallest absolute Gasteiger partial charge is 0.252 e. The molecule has 0 radical (unpaired) electrons. The van der Waals surface area contributed by atoms with Crippen LogP contribution in [0.5, 0.6) is 0 Å². The van der Waals surface area contributed by atoms with Crippen molar-refractivity contribution in [3.05, 3.63) is 20.8 Å². The second-order valence-electron chi connectivity index (χ2n) is 4.16. The molecule has 1 aromatic heterocycles. The van der Waals surface area contributed by atoms with Crippen molar-refractivity contribution in [2.75, 3.05) is 6.54 Å². The van der Waals surface area contributed by atoms with Gasteiger partial charge in [0, 0.05) is 11.9 Å². The lowest BCUT2D eigenvalue weighted by molar-refractivity contribution is 0.0947. The van der Waals surface area contributed by atoms with E-state index in [0.717, 1.165) is 21.8 Å². The van der Waals surface area contributed by atoms with Gasteiger partial charge in [0.05, 0.1) is 9.35 Å². The van der Waals surface area contributed by atoms with Crippen LogP contribution in [0.2, 0.25) is 0 Å². The first-order valence-corrected chi connectivity index (χ1v) is 6.86. The third-order valence-corrected chi connectivity index (χ3v) is 4.35. The van der Waals surface area contributed by atoms with E-state index in [2.05, 4.69) is 28.2 Å². The number of thiophene rings is 1. The summed E-state index contributed by atoms with van der Waals surface area (Å²) in [6.45, 7) is 3.01. The van der Waals surface area contributed by atoms with Gasteiger partial charge in [0.2, 0.25) is 0 Å². The number of hydrogen-bond acceptors (Lipinski definition) is 2. The predicted octanol–water partition coefficient (Wildman–Crippen LogP) is 3.29. The minimum atomic E-state index is 0.0458. The summed E-state index contributed by atoms with van der Waals surface area (Å²) in [6, 6.07) is 1.86. The molecule has 1 atom stereocenters. The Labute approximate surface area is 102 Å². The first kappa shape index (κ1) is 11.1. The van der Waals surface area contributed by atoms with Crippen LogP contribution in [0.3, 0.4) is 0 Å². The lowest BCUT2D eigenvalue weighted by Crippen LogP contribution is -2.28. The highest BCUT2D eigenvalue weighted by molar-refractivity contribution is 9.11. The summed E-state index contributed by atoms with van der Waals surface area (Å²) in [6.07, 6.45) is 2.67. The van der Waals surface area contributed by atoms with E-state index < -0.39 is 0 Å². The van der Waals surface area contributed by atoms with E-state index in [4.69, 9.17) is 0 Å². The van der Waals surface area contributed by atoms with E-state index in [0.29, 0.717) is 5.92 Å². The van der Waals surface area contributed by atoms with Crippen LogP contribution in [0.4, 0.5) is 0 Å². The number of carbonyl (C=O) groups excluding carboxylic acids is 1. The molecule has 2 rings (SSSR count). The lowest BCUT2D eigenvalue weighted by Gasteiger charge is -2.10. The number of halogens is 1. The molecule has 0 spiro atoms. The summed E-state index contributed by atoms with van der Waals surface area (Å²) in [4.78, 5) is 11.7. The summed E-state index contributed by atoms with van der Waals surface area (Å²) in [5, 5.41) is 4.86. The highest BCUT2D eigenvalue weighted by atomic mass is 79.9. The predicted molar refractivity (Wildman–Crippen MR) is 66.2 cm³/mol. The molecule has 1 saturated carbocycles. The van der Waals surface area contributed by atoms with Crippen molar-refractivity contribution in [1.82, 2.24) is 5.32 Å². The summed E-state index contributed by atoms with van der Waals surface area (Å²) in [5.41, 5.74) is 0.759. The molecule has 1 aliphatic rings. The Morgan fingerprint density at radius 2 is 2.47 bits per heavy atom. The van der Waals surface area contributed by atoms with Crippen LogP contribution >= 0.6 is 27.3 Å². The standard InChI is InChI=1S/C11H14BrNOS/c1-7(8-2-3-8)5-13-11(14)9-4-10(12)15-6-9/h4,6-8H,2-3,5H2,1H3,(H,13,14). The largest absolute Gasteiger partial charge is 0.352 e. The van der Waals surface area contributed by atoms with Crippen LogP contribution in [-0.4, -0.2) is 12.5 Å². The molecule has 0 aliphatic heterocycles. The van der Waals surface area contributed by atoms with Crippen LogP contribution in [0.25, 0.3) is 0 Å². The molecule has 82 valence electrons. The Morgan fingerprint density at radius 3 is 3.00 bits per heavy atom. The van der Waals surface area contributed by atoms with E-state index >= 15 is 0 Å². The quantitative estimate of drug-likeness (QED) is 0.905. The van der Waals surface area contributed by atoms with E-state index in [9.17, 15) is 4.79 Å². The molecule has 1 aromatic rings. The van der Waals surface area contributed by atoms with Gasteiger partial charge in [0.1, 0.15) is 0 Å². The topological polar surface area (TPSA) is 29.1 Å². The van der Waals surface area contributed by atoms with Gasteiger partial charge in [-0.15, -0.1) is 11.3 Å². The van der Waals surface area contributed by atoms with Gasteiger partial charge in [0.25, 0.3) is 5.91 Å². The second kappa shape index (κ2) is 4.66. The molecule has 1 amide bonds. The first-order valence-electron chi connectivity index (χ1n) is 5.19. The highest BCUT2D eigenvalue weighted by Crippen LogP contribution is 2.36. The van der Waals surface area contributed by atoms with Gasteiger partial charge in [0.15, 0.2) is 0 Å². The Hall–Kier alpha value is -0.350. The van der Waals surface area contributed by atoms with Crippen molar-refractivity contribution in [2.45, 2.75) is 19.8 Å². The van der Waals surface area contributed by atoms with Crippen LogP contribution in [0, 0.1) is 11.8 Å². The Bertz CT molecular complexity index is 359. The summed E-state index contributed by atoms with van der Waals surface area (Å²) < 4.78 is 1.00. The zero-order valence-corrected chi connectivity index (χ0v) is 11.0. The Balaban J connectivity index is 1.81. The summed E-state index contributed by atoms with van der Waals surface area (Å²) >= 11 is 4.89. The van der Waals surface area contributed by atoms with Gasteiger partial charge in [-0.1, -0.05) is 6.92 Å². The minimum absolute atomic E-state index is 0.0458. The van der Waals surface area contributed by atoms with Crippen molar-refractivity contribution >= 4 is 33.2 Å². The van der Waals surface area contributed by atoms with Gasteiger partial charge in [-0.05, 0) is 46.7 Å². The third kappa shape index (κ3) is 3.05. The number of amides is 1. The van der Waals surface area contributed by atoms with E-state index in [1.165, 1.54) is 12.8 Å². The average molecular weight is 288 g/mol. The van der Waals surface area contributed by atoms with E-state index in [1.54, 1.807) is 11.3 Å². The Kier molecular flexibility index (Phi) is 3.46. The Morgan fingerprint density at radius 1 is 1.73 bits per heavy atom. The van der Waals surface area contributed by atoms with E-state index in [1.807, 2.05) is 11.4 Å². The molecule has 1 N–H and O–H groups in total. The zero-order valence-electron chi connectivity index (χ0n) is 8.63. The lowest BCUT2D eigenvalue weighted by atomic mass is 10.1. The molecule has 1 heterocycles. The second-order valence-corrected chi connectivity index (χ2v) is 6.45. The first-order chi connectivity index (χ1) is 7.16.